The molecule has 0 unspecified atom stereocenters. The van der Waals surface area contributed by atoms with Crippen molar-refractivity contribution in [1.29, 1.82) is 0 Å². The largest absolute Gasteiger partial charge is 0.386 e. The van der Waals surface area contributed by atoms with Crippen LogP contribution < -0.4 is 5.32 Å². The van der Waals surface area contributed by atoms with E-state index in [2.05, 4.69) is 94.8 Å². The van der Waals surface area contributed by atoms with E-state index in [1.54, 1.807) is 0 Å². The Kier molecular flexibility index (Phi) is 4.68. The molecule has 6 rings (SSSR count). The topological polar surface area (TPSA) is 37.2 Å². The molecule has 0 saturated carbocycles. The van der Waals surface area contributed by atoms with Crippen molar-refractivity contribution >= 4 is 44.0 Å². The number of hydrogen-bond acceptors (Lipinski definition) is 2. The fraction of sp³-hybridized carbons (Fsp3) is 0.0968. The Labute approximate surface area is 198 Å². The van der Waals surface area contributed by atoms with E-state index in [1.807, 2.05) is 38.1 Å². The van der Waals surface area contributed by atoms with Crippen molar-refractivity contribution in [2.24, 2.45) is 0 Å². The minimum atomic E-state index is -0.937. The van der Waals surface area contributed by atoms with E-state index in [0.717, 1.165) is 22.6 Å². The van der Waals surface area contributed by atoms with Gasteiger partial charge in [-0.2, -0.15) is 0 Å². The highest BCUT2D eigenvalue weighted by Gasteiger charge is 2.20. The zero-order valence-electron chi connectivity index (χ0n) is 19.3. The monoisotopic (exact) mass is 442 g/mol. The van der Waals surface area contributed by atoms with Gasteiger partial charge in [0.15, 0.2) is 0 Å². The molecule has 0 fully saturated rings. The first-order chi connectivity index (χ1) is 16.5. The van der Waals surface area contributed by atoms with Crippen LogP contribution >= 0.6 is 0 Å². The van der Waals surface area contributed by atoms with Gasteiger partial charge in [0.1, 0.15) is 0 Å². The van der Waals surface area contributed by atoms with Crippen molar-refractivity contribution in [2.75, 3.05) is 5.32 Å². The van der Waals surface area contributed by atoms with Gasteiger partial charge in [0, 0.05) is 33.4 Å². The number of para-hydroxylation sites is 2. The third kappa shape index (κ3) is 3.33. The highest BCUT2D eigenvalue weighted by molar-refractivity contribution is 6.21. The van der Waals surface area contributed by atoms with Crippen LogP contribution in [0.3, 0.4) is 0 Å². The lowest BCUT2D eigenvalue weighted by atomic mass is 9.96. The second-order valence-corrected chi connectivity index (χ2v) is 9.31. The van der Waals surface area contributed by atoms with Gasteiger partial charge in [-0.15, -0.1) is 0 Å². The van der Waals surface area contributed by atoms with Gasteiger partial charge in [0.2, 0.25) is 0 Å². The first-order valence-corrected chi connectivity index (χ1v) is 11.6. The van der Waals surface area contributed by atoms with Crippen molar-refractivity contribution < 1.29 is 5.11 Å². The van der Waals surface area contributed by atoms with Crippen molar-refractivity contribution in [3.63, 3.8) is 0 Å². The lowest BCUT2D eigenvalue weighted by Crippen LogP contribution is -2.17. The van der Waals surface area contributed by atoms with Crippen molar-refractivity contribution in [3.8, 4) is 5.69 Å². The molecule has 1 aromatic heterocycles. The van der Waals surface area contributed by atoms with Gasteiger partial charge in [-0.05, 0) is 67.1 Å². The molecule has 0 amide bonds. The zero-order valence-corrected chi connectivity index (χ0v) is 19.3. The Morgan fingerprint density at radius 2 is 1.38 bits per heavy atom. The van der Waals surface area contributed by atoms with E-state index in [0.29, 0.717) is 0 Å². The number of nitrogens with zero attached hydrogens (tertiary/aromatic N) is 1. The second-order valence-electron chi connectivity index (χ2n) is 9.31. The fourth-order valence-electron chi connectivity index (χ4n) is 5.00. The maximum Gasteiger partial charge on any atom is 0.0860 e. The Bertz CT molecular complexity index is 1660. The molecule has 0 aliphatic rings. The molecule has 1 heterocycles. The number of fused-ring (bicyclic) bond motifs is 5. The molecular weight excluding hydrogens is 416 g/mol. The maximum atomic E-state index is 10.7. The number of rotatable bonds is 4. The first-order valence-electron chi connectivity index (χ1n) is 11.6. The molecule has 0 aliphatic carbocycles. The van der Waals surface area contributed by atoms with E-state index in [4.69, 9.17) is 0 Å². The van der Waals surface area contributed by atoms with Crippen LogP contribution in [0, 0.1) is 0 Å². The van der Waals surface area contributed by atoms with Gasteiger partial charge < -0.3 is 15.0 Å². The predicted molar refractivity (Wildman–Crippen MR) is 143 cm³/mol. The number of aromatic nitrogens is 1. The zero-order chi connectivity index (χ0) is 23.3. The summed E-state index contributed by atoms with van der Waals surface area (Å²) in [6.45, 7) is 3.63. The normalized spacial score (nSPS) is 12.0. The Hall–Kier alpha value is -4.08. The summed E-state index contributed by atoms with van der Waals surface area (Å²) in [7, 11) is 0. The smallest absolute Gasteiger partial charge is 0.0860 e. The van der Waals surface area contributed by atoms with Crippen molar-refractivity contribution in [1.82, 2.24) is 4.57 Å². The molecule has 3 heteroatoms. The maximum absolute atomic E-state index is 10.7. The number of nitrogens with one attached hydrogen (secondary N) is 1. The molecule has 0 bridgehead atoms. The SMILES string of the molecule is CC(C)(O)c1ccccc1Nc1ccc2c(c1)c1c3ccccc3ccc1n2-c1ccccc1. The Morgan fingerprint density at radius 3 is 2.21 bits per heavy atom. The van der Waals surface area contributed by atoms with Gasteiger partial charge in [0.05, 0.1) is 16.6 Å². The van der Waals surface area contributed by atoms with Gasteiger partial charge >= 0.3 is 0 Å². The van der Waals surface area contributed by atoms with Crippen LogP contribution in [0.2, 0.25) is 0 Å². The number of benzene rings is 5. The summed E-state index contributed by atoms with van der Waals surface area (Å²) in [5, 5.41) is 19.1. The summed E-state index contributed by atoms with van der Waals surface area (Å²) in [4.78, 5) is 0. The molecule has 5 aromatic carbocycles. The minimum absolute atomic E-state index is 0.868. The van der Waals surface area contributed by atoms with E-state index in [9.17, 15) is 5.11 Å². The van der Waals surface area contributed by atoms with Crippen molar-refractivity contribution in [2.45, 2.75) is 19.4 Å². The molecule has 34 heavy (non-hydrogen) atoms. The summed E-state index contributed by atoms with van der Waals surface area (Å²) in [6, 6.07) is 38.0. The van der Waals surface area contributed by atoms with Crippen LogP contribution in [0.4, 0.5) is 11.4 Å². The number of aliphatic hydroxyl groups is 1. The third-order valence-electron chi connectivity index (χ3n) is 6.53. The van der Waals surface area contributed by atoms with Crippen LogP contribution in [-0.2, 0) is 5.60 Å². The van der Waals surface area contributed by atoms with Gasteiger partial charge in [-0.3, -0.25) is 0 Å². The van der Waals surface area contributed by atoms with E-state index in [-0.39, 0.29) is 0 Å². The standard InChI is InChI=1S/C31H26N2O/c1-31(2,34)26-14-8-9-15-27(26)32-22-17-19-28-25(20-22)30-24-13-7-6-10-21(24)16-18-29(30)33(28)23-11-4-3-5-12-23/h3-20,32,34H,1-2H3. The average molecular weight is 443 g/mol. The molecule has 2 N–H and O–H groups in total. The molecule has 0 saturated heterocycles. The summed E-state index contributed by atoms with van der Waals surface area (Å²) >= 11 is 0. The summed E-state index contributed by atoms with van der Waals surface area (Å²) in [5.74, 6) is 0. The van der Waals surface area contributed by atoms with Crippen LogP contribution in [-0.4, -0.2) is 9.67 Å². The quantitative estimate of drug-likeness (QED) is 0.291. The van der Waals surface area contributed by atoms with Crippen LogP contribution in [0.5, 0.6) is 0 Å². The highest BCUT2D eigenvalue weighted by Crippen LogP contribution is 2.39. The second kappa shape index (κ2) is 7.75. The Balaban J connectivity index is 1.62. The molecule has 166 valence electrons. The molecular formula is C31H26N2O. The van der Waals surface area contributed by atoms with E-state index >= 15 is 0 Å². The molecule has 0 aliphatic heterocycles. The van der Waals surface area contributed by atoms with Crippen molar-refractivity contribution in [3.05, 3.63) is 115 Å². The third-order valence-corrected chi connectivity index (χ3v) is 6.53. The van der Waals surface area contributed by atoms with Crippen LogP contribution in [0.1, 0.15) is 19.4 Å². The Morgan fingerprint density at radius 1 is 0.676 bits per heavy atom. The van der Waals surface area contributed by atoms with Crippen LogP contribution in [0.15, 0.2) is 109 Å². The minimum Gasteiger partial charge on any atom is -0.386 e. The van der Waals surface area contributed by atoms with Gasteiger partial charge in [0.25, 0.3) is 0 Å². The molecule has 0 radical (unpaired) electrons. The van der Waals surface area contributed by atoms with Crippen LogP contribution in [0.25, 0.3) is 38.3 Å². The predicted octanol–water partition coefficient (Wildman–Crippen LogP) is 7.91. The van der Waals surface area contributed by atoms with Gasteiger partial charge in [-0.1, -0.05) is 66.7 Å². The van der Waals surface area contributed by atoms with E-state index < -0.39 is 5.60 Å². The fourth-order valence-corrected chi connectivity index (χ4v) is 5.00. The van der Waals surface area contributed by atoms with Gasteiger partial charge in [-0.25, -0.2) is 0 Å². The molecule has 6 aromatic rings. The summed E-state index contributed by atoms with van der Waals surface area (Å²) in [5.41, 5.74) is 5.33. The molecule has 3 nitrogen and oxygen atoms in total. The lowest BCUT2D eigenvalue weighted by Gasteiger charge is -2.22. The highest BCUT2D eigenvalue weighted by atomic mass is 16.3. The molecule has 0 spiro atoms. The van der Waals surface area contributed by atoms with E-state index in [1.165, 1.54) is 32.6 Å². The average Bonchev–Trinajstić information content (AvgIpc) is 3.18. The summed E-state index contributed by atoms with van der Waals surface area (Å²) in [6.07, 6.45) is 0. The summed E-state index contributed by atoms with van der Waals surface area (Å²) < 4.78 is 2.34. The number of hydrogen-bond donors (Lipinski definition) is 2. The lowest BCUT2D eigenvalue weighted by molar-refractivity contribution is 0.0794. The first kappa shape index (κ1) is 20.5. The molecule has 0 atom stereocenters. The number of anilines is 2.